The van der Waals surface area contributed by atoms with E-state index in [4.69, 9.17) is 4.74 Å². The van der Waals surface area contributed by atoms with Crippen LogP contribution in [0.3, 0.4) is 0 Å². The molecule has 0 saturated carbocycles. The molecule has 1 heterocycles. The molecule has 3 heteroatoms. The fraction of sp³-hybridized carbons (Fsp3) is 0.150. The van der Waals surface area contributed by atoms with Crippen molar-refractivity contribution in [2.45, 2.75) is 13.2 Å². The molecule has 0 N–H and O–H groups in total. The van der Waals surface area contributed by atoms with Gasteiger partial charge in [-0.05, 0) is 17.2 Å². The third-order valence-electron chi connectivity index (χ3n) is 3.64. The Balaban J connectivity index is 1.59. The summed E-state index contributed by atoms with van der Waals surface area (Å²) in [5.74, 6) is -0.289. The van der Waals surface area contributed by atoms with Crippen molar-refractivity contribution in [1.29, 1.82) is 0 Å². The monoisotopic (exact) mass is 305 g/mol. The summed E-state index contributed by atoms with van der Waals surface area (Å²) in [5, 5.41) is 0. The third kappa shape index (κ3) is 4.33. The Morgan fingerprint density at radius 1 is 0.957 bits per heavy atom. The molecule has 3 rings (SSSR count). The average molecular weight is 305 g/mol. The second-order valence-corrected chi connectivity index (χ2v) is 5.46. The molecule has 0 bridgehead atoms. The van der Waals surface area contributed by atoms with Crippen molar-refractivity contribution < 1.29 is 9.53 Å². The number of ether oxygens (including phenoxy) is 1. The fourth-order valence-electron chi connectivity index (χ4n) is 2.46. The Bertz CT molecular complexity index is 705. The first-order valence-corrected chi connectivity index (χ1v) is 7.68. The van der Waals surface area contributed by atoms with Gasteiger partial charge in [-0.1, -0.05) is 66.7 Å². The predicted octanol–water partition coefficient (Wildman–Crippen LogP) is 3.69. The van der Waals surface area contributed by atoms with E-state index in [0.29, 0.717) is 12.2 Å². The second kappa shape index (κ2) is 7.45. The summed E-state index contributed by atoms with van der Waals surface area (Å²) in [6.07, 6.45) is 5.69. The Morgan fingerprint density at radius 3 is 2.30 bits per heavy atom. The molecule has 0 aromatic heterocycles. The van der Waals surface area contributed by atoms with Gasteiger partial charge in [-0.15, -0.1) is 0 Å². The lowest BCUT2D eigenvalue weighted by Gasteiger charge is -2.22. The van der Waals surface area contributed by atoms with E-state index in [1.807, 2.05) is 66.9 Å². The number of hydrogen-bond donors (Lipinski definition) is 0. The zero-order valence-corrected chi connectivity index (χ0v) is 12.9. The van der Waals surface area contributed by atoms with Crippen molar-refractivity contribution in [3.8, 4) is 0 Å². The molecule has 2 aromatic rings. The van der Waals surface area contributed by atoms with Crippen LogP contribution >= 0.6 is 0 Å². The number of benzene rings is 2. The molecule has 0 aliphatic carbocycles. The Hall–Kier alpha value is -2.81. The molecular formula is C20H19NO2. The molecule has 0 spiro atoms. The van der Waals surface area contributed by atoms with Crippen molar-refractivity contribution in [3.63, 3.8) is 0 Å². The molecule has 23 heavy (non-hydrogen) atoms. The molecule has 0 radical (unpaired) electrons. The molecule has 1 aliphatic heterocycles. The van der Waals surface area contributed by atoms with Crippen LogP contribution in [0.4, 0.5) is 0 Å². The molecule has 0 atom stereocenters. The zero-order chi connectivity index (χ0) is 15.9. The number of rotatable bonds is 5. The number of esters is 1. The van der Waals surface area contributed by atoms with Gasteiger partial charge in [0.15, 0.2) is 0 Å². The first-order chi connectivity index (χ1) is 11.3. The molecular weight excluding hydrogens is 286 g/mol. The number of carbonyl (C=O) groups is 1. The normalized spacial score (nSPS) is 13.6. The maximum absolute atomic E-state index is 12.2. The highest BCUT2D eigenvalue weighted by atomic mass is 16.5. The number of hydrogen-bond acceptors (Lipinski definition) is 3. The average Bonchev–Trinajstić information content (AvgIpc) is 2.62. The van der Waals surface area contributed by atoms with Crippen LogP contribution in [-0.4, -0.2) is 17.4 Å². The molecule has 0 saturated heterocycles. The molecule has 0 unspecified atom stereocenters. The van der Waals surface area contributed by atoms with E-state index in [0.717, 1.165) is 18.7 Å². The fourth-order valence-corrected chi connectivity index (χ4v) is 2.46. The summed E-state index contributed by atoms with van der Waals surface area (Å²) in [4.78, 5) is 14.3. The summed E-state index contributed by atoms with van der Waals surface area (Å²) >= 11 is 0. The number of carbonyl (C=O) groups excluding carboxylic acids is 1. The van der Waals surface area contributed by atoms with Crippen molar-refractivity contribution in [1.82, 2.24) is 4.90 Å². The second-order valence-electron chi connectivity index (χ2n) is 5.46. The quantitative estimate of drug-likeness (QED) is 0.789. The first kappa shape index (κ1) is 15.1. The van der Waals surface area contributed by atoms with Gasteiger partial charge in [0, 0.05) is 19.3 Å². The maximum atomic E-state index is 12.2. The van der Waals surface area contributed by atoms with Crippen molar-refractivity contribution in [2.24, 2.45) is 0 Å². The van der Waals surface area contributed by atoms with E-state index in [-0.39, 0.29) is 5.97 Å². The van der Waals surface area contributed by atoms with Gasteiger partial charge in [0.1, 0.15) is 6.61 Å². The van der Waals surface area contributed by atoms with Crippen molar-refractivity contribution in [2.75, 3.05) is 6.54 Å². The van der Waals surface area contributed by atoms with E-state index in [1.54, 1.807) is 0 Å². The van der Waals surface area contributed by atoms with E-state index >= 15 is 0 Å². The minimum absolute atomic E-state index is 0.289. The third-order valence-corrected chi connectivity index (χ3v) is 3.64. The SMILES string of the molecule is O=C(OCc1ccccc1)C1=CN(Cc2ccccc2)CC=C1. The highest BCUT2D eigenvalue weighted by molar-refractivity contribution is 5.91. The summed E-state index contributed by atoms with van der Waals surface area (Å²) in [7, 11) is 0. The highest BCUT2D eigenvalue weighted by Gasteiger charge is 2.14. The standard InChI is InChI=1S/C20H19NO2/c22-20(23-16-18-10-5-2-6-11-18)19-12-7-13-21(15-19)14-17-8-3-1-4-9-17/h1-12,15H,13-14,16H2. The topological polar surface area (TPSA) is 29.5 Å². The van der Waals surface area contributed by atoms with E-state index in [9.17, 15) is 4.79 Å². The van der Waals surface area contributed by atoms with Crippen LogP contribution in [0.1, 0.15) is 11.1 Å². The predicted molar refractivity (Wildman–Crippen MR) is 90.3 cm³/mol. The van der Waals surface area contributed by atoms with Crippen LogP contribution in [0.25, 0.3) is 0 Å². The Morgan fingerprint density at radius 2 is 1.61 bits per heavy atom. The van der Waals surface area contributed by atoms with Crippen LogP contribution in [-0.2, 0) is 22.7 Å². The van der Waals surface area contributed by atoms with Gasteiger partial charge in [0.2, 0.25) is 0 Å². The lowest BCUT2D eigenvalue weighted by molar-refractivity contribution is -0.140. The molecule has 0 fully saturated rings. The smallest absolute Gasteiger partial charge is 0.339 e. The van der Waals surface area contributed by atoms with Gasteiger partial charge >= 0.3 is 5.97 Å². The van der Waals surface area contributed by atoms with Crippen molar-refractivity contribution >= 4 is 5.97 Å². The molecule has 3 nitrogen and oxygen atoms in total. The van der Waals surface area contributed by atoms with Crippen LogP contribution in [0, 0.1) is 0 Å². The molecule has 116 valence electrons. The van der Waals surface area contributed by atoms with Gasteiger partial charge in [-0.2, -0.15) is 0 Å². The molecule has 1 aliphatic rings. The summed E-state index contributed by atoms with van der Waals surface area (Å²) in [6, 6.07) is 19.9. The van der Waals surface area contributed by atoms with E-state index in [1.165, 1.54) is 5.56 Å². The van der Waals surface area contributed by atoms with Crippen LogP contribution in [0.2, 0.25) is 0 Å². The minimum Gasteiger partial charge on any atom is -0.457 e. The van der Waals surface area contributed by atoms with E-state index < -0.39 is 0 Å². The highest BCUT2D eigenvalue weighted by Crippen LogP contribution is 2.14. The summed E-state index contributed by atoms with van der Waals surface area (Å²) in [5.41, 5.74) is 2.79. The van der Waals surface area contributed by atoms with Crippen molar-refractivity contribution in [3.05, 3.63) is 95.7 Å². The van der Waals surface area contributed by atoms with E-state index in [2.05, 4.69) is 17.0 Å². The zero-order valence-electron chi connectivity index (χ0n) is 12.9. The van der Waals surface area contributed by atoms with Crippen LogP contribution < -0.4 is 0 Å². The van der Waals surface area contributed by atoms with Crippen LogP contribution in [0.15, 0.2) is 84.6 Å². The first-order valence-electron chi connectivity index (χ1n) is 7.68. The van der Waals surface area contributed by atoms with Gasteiger partial charge in [0.25, 0.3) is 0 Å². The maximum Gasteiger partial charge on any atom is 0.339 e. The largest absolute Gasteiger partial charge is 0.457 e. The van der Waals surface area contributed by atoms with Gasteiger partial charge in [-0.3, -0.25) is 0 Å². The number of nitrogens with zero attached hydrogens (tertiary/aromatic N) is 1. The summed E-state index contributed by atoms with van der Waals surface area (Å²) in [6.45, 7) is 1.87. The molecule has 0 amide bonds. The minimum atomic E-state index is -0.289. The molecule has 2 aromatic carbocycles. The summed E-state index contributed by atoms with van der Waals surface area (Å²) < 4.78 is 5.38. The Kier molecular flexibility index (Phi) is 4.89. The van der Waals surface area contributed by atoms with Gasteiger partial charge < -0.3 is 9.64 Å². The Labute approximate surface area is 136 Å². The lowest BCUT2D eigenvalue weighted by atomic mass is 10.1. The van der Waals surface area contributed by atoms with Gasteiger partial charge in [-0.25, -0.2) is 4.79 Å². The lowest BCUT2D eigenvalue weighted by Crippen LogP contribution is -2.22. The van der Waals surface area contributed by atoms with Gasteiger partial charge in [0.05, 0.1) is 5.57 Å². The van der Waals surface area contributed by atoms with Crippen LogP contribution in [0.5, 0.6) is 0 Å².